The number of aliphatic hydroxyl groups is 2. The first-order valence-electron chi connectivity index (χ1n) is 5.36. The van der Waals surface area contributed by atoms with Crippen LogP contribution in [0.5, 0.6) is 0 Å². The van der Waals surface area contributed by atoms with E-state index in [4.69, 9.17) is 5.11 Å². The molecule has 0 aromatic heterocycles. The first-order valence-corrected chi connectivity index (χ1v) is 5.36. The Bertz CT molecular complexity index is 198. The largest absolute Gasteiger partial charge is 0.394 e. The second kappa shape index (κ2) is 2.96. The monoisotopic (exact) mass is 184 g/mol. The van der Waals surface area contributed by atoms with Crippen LogP contribution in [0.3, 0.4) is 0 Å². The fourth-order valence-electron chi connectivity index (χ4n) is 3.46. The highest BCUT2D eigenvalue weighted by molar-refractivity contribution is 5.04. The van der Waals surface area contributed by atoms with Gasteiger partial charge < -0.3 is 10.2 Å². The van der Waals surface area contributed by atoms with E-state index in [2.05, 4.69) is 13.8 Å². The predicted octanol–water partition coefficient (Wildman–Crippen LogP) is 1.41. The summed E-state index contributed by atoms with van der Waals surface area (Å²) in [6, 6.07) is 0. The first-order chi connectivity index (χ1) is 6.07. The molecule has 0 heterocycles. The van der Waals surface area contributed by atoms with Crippen LogP contribution in [0.25, 0.3) is 0 Å². The Morgan fingerprint density at radius 1 is 1.38 bits per heavy atom. The number of fused-ring (bicyclic) bond motifs is 2. The van der Waals surface area contributed by atoms with Crippen LogP contribution in [0.1, 0.15) is 33.1 Å². The molecule has 13 heavy (non-hydrogen) atoms. The van der Waals surface area contributed by atoms with Gasteiger partial charge in [0.25, 0.3) is 0 Å². The van der Waals surface area contributed by atoms with Crippen LogP contribution in [-0.2, 0) is 0 Å². The Morgan fingerprint density at radius 3 is 2.54 bits per heavy atom. The summed E-state index contributed by atoms with van der Waals surface area (Å²) in [6.07, 6.45) is 3.14. The molecule has 3 aliphatic carbocycles. The van der Waals surface area contributed by atoms with E-state index in [-0.39, 0.29) is 6.61 Å². The van der Waals surface area contributed by atoms with Gasteiger partial charge in [-0.25, -0.2) is 0 Å². The lowest BCUT2D eigenvalue weighted by Gasteiger charge is -2.60. The average molecular weight is 184 g/mol. The quantitative estimate of drug-likeness (QED) is 0.681. The molecule has 76 valence electrons. The normalized spacial score (nSPS) is 43.8. The molecule has 3 fully saturated rings. The second-order valence-electron chi connectivity index (χ2n) is 5.35. The molecule has 4 atom stereocenters. The molecule has 0 amide bonds. The zero-order chi connectivity index (χ0) is 9.64. The molecular weight excluding hydrogens is 164 g/mol. The SMILES string of the molecule is CC1(C)C2CCC(C(O)CO)C1C2. The molecule has 0 aromatic rings. The van der Waals surface area contributed by atoms with E-state index in [1.807, 2.05) is 0 Å². The maximum atomic E-state index is 9.66. The van der Waals surface area contributed by atoms with Crippen LogP contribution in [0.15, 0.2) is 0 Å². The minimum Gasteiger partial charge on any atom is -0.394 e. The fraction of sp³-hybridized carbons (Fsp3) is 1.00. The summed E-state index contributed by atoms with van der Waals surface area (Å²) in [5, 5.41) is 18.6. The van der Waals surface area contributed by atoms with E-state index in [9.17, 15) is 5.11 Å². The van der Waals surface area contributed by atoms with Crippen molar-refractivity contribution in [1.29, 1.82) is 0 Å². The average Bonchev–Trinajstić information content (AvgIpc) is 2.16. The minimum absolute atomic E-state index is 0.0675. The van der Waals surface area contributed by atoms with Crippen LogP contribution < -0.4 is 0 Å². The van der Waals surface area contributed by atoms with E-state index in [1.165, 1.54) is 12.8 Å². The fourth-order valence-corrected chi connectivity index (χ4v) is 3.46. The Morgan fingerprint density at radius 2 is 2.08 bits per heavy atom. The number of aliphatic hydroxyl groups excluding tert-OH is 2. The maximum Gasteiger partial charge on any atom is 0.0801 e. The molecule has 0 aromatic carbocycles. The molecule has 0 saturated heterocycles. The van der Waals surface area contributed by atoms with Crippen molar-refractivity contribution in [2.24, 2.45) is 23.2 Å². The molecule has 3 rings (SSSR count). The topological polar surface area (TPSA) is 40.5 Å². The van der Waals surface area contributed by atoms with Gasteiger partial charge in [-0.2, -0.15) is 0 Å². The Hall–Kier alpha value is -0.0800. The highest BCUT2D eigenvalue weighted by Crippen LogP contribution is 2.61. The van der Waals surface area contributed by atoms with Crippen LogP contribution in [0.2, 0.25) is 0 Å². The van der Waals surface area contributed by atoms with Gasteiger partial charge in [-0.05, 0) is 42.4 Å². The molecule has 4 unspecified atom stereocenters. The number of rotatable bonds is 2. The zero-order valence-corrected chi connectivity index (χ0v) is 8.53. The first kappa shape index (κ1) is 9.47. The second-order valence-corrected chi connectivity index (χ2v) is 5.35. The van der Waals surface area contributed by atoms with E-state index in [0.717, 1.165) is 12.3 Å². The maximum absolute atomic E-state index is 9.66. The third kappa shape index (κ3) is 1.23. The van der Waals surface area contributed by atoms with Crippen molar-refractivity contribution < 1.29 is 10.2 Å². The van der Waals surface area contributed by atoms with Crippen molar-refractivity contribution in [3.8, 4) is 0 Å². The smallest absolute Gasteiger partial charge is 0.0801 e. The van der Waals surface area contributed by atoms with Gasteiger partial charge in [0.15, 0.2) is 0 Å². The van der Waals surface area contributed by atoms with Crippen molar-refractivity contribution >= 4 is 0 Å². The Kier molecular flexibility index (Phi) is 2.16. The molecular formula is C11H20O2. The minimum atomic E-state index is -0.481. The van der Waals surface area contributed by atoms with E-state index < -0.39 is 6.10 Å². The van der Waals surface area contributed by atoms with E-state index in [1.54, 1.807) is 0 Å². The summed E-state index contributed by atoms with van der Waals surface area (Å²) >= 11 is 0. The number of hydrogen-bond donors (Lipinski definition) is 2. The lowest BCUT2D eigenvalue weighted by molar-refractivity contribution is -0.143. The van der Waals surface area contributed by atoms with Crippen molar-refractivity contribution in [1.82, 2.24) is 0 Å². The molecule has 3 aliphatic rings. The van der Waals surface area contributed by atoms with Gasteiger partial charge in [-0.3, -0.25) is 0 Å². The molecule has 2 N–H and O–H groups in total. The van der Waals surface area contributed by atoms with Crippen molar-refractivity contribution in [3.05, 3.63) is 0 Å². The lowest BCUT2D eigenvalue weighted by atomic mass is 9.45. The Balaban J connectivity index is 2.07. The van der Waals surface area contributed by atoms with Gasteiger partial charge in [0.05, 0.1) is 12.7 Å². The van der Waals surface area contributed by atoms with Crippen molar-refractivity contribution in [2.45, 2.75) is 39.2 Å². The van der Waals surface area contributed by atoms with Gasteiger partial charge in [-0.1, -0.05) is 13.8 Å². The zero-order valence-electron chi connectivity index (χ0n) is 8.53. The van der Waals surface area contributed by atoms with E-state index >= 15 is 0 Å². The summed E-state index contributed by atoms with van der Waals surface area (Å²) in [6.45, 7) is 4.55. The standard InChI is InChI=1S/C11H20O2/c1-11(2)7-3-4-8(9(11)5-7)10(13)6-12/h7-10,12-13H,3-6H2,1-2H3. The summed E-state index contributed by atoms with van der Waals surface area (Å²) in [5.41, 5.74) is 0.416. The summed E-state index contributed by atoms with van der Waals surface area (Å²) < 4.78 is 0. The molecule has 3 saturated carbocycles. The third-order valence-corrected chi connectivity index (χ3v) is 4.59. The highest BCUT2D eigenvalue weighted by Gasteiger charge is 2.55. The van der Waals surface area contributed by atoms with Crippen LogP contribution >= 0.6 is 0 Å². The van der Waals surface area contributed by atoms with Crippen LogP contribution in [0.4, 0.5) is 0 Å². The highest BCUT2D eigenvalue weighted by atomic mass is 16.3. The van der Waals surface area contributed by atoms with Gasteiger partial charge in [0.1, 0.15) is 0 Å². The van der Waals surface area contributed by atoms with E-state index in [0.29, 0.717) is 17.3 Å². The van der Waals surface area contributed by atoms with Gasteiger partial charge in [0, 0.05) is 0 Å². The van der Waals surface area contributed by atoms with Crippen LogP contribution in [0, 0.1) is 23.2 Å². The molecule has 2 heteroatoms. The molecule has 0 aliphatic heterocycles. The summed E-state index contributed by atoms with van der Waals surface area (Å²) in [5.74, 6) is 1.87. The molecule has 0 spiro atoms. The van der Waals surface area contributed by atoms with Crippen molar-refractivity contribution in [3.63, 3.8) is 0 Å². The van der Waals surface area contributed by atoms with Gasteiger partial charge >= 0.3 is 0 Å². The third-order valence-electron chi connectivity index (χ3n) is 4.59. The predicted molar refractivity (Wildman–Crippen MR) is 51.2 cm³/mol. The van der Waals surface area contributed by atoms with Gasteiger partial charge in [0.2, 0.25) is 0 Å². The number of hydrogen-bond acceptors (Lipinski definition) is 2. The van der Waals surface area contributed by atoms with Gasteiger partial charge in [-0.15, -0.1) is 0 Å². The Labute approximate surface area is 80.0 Å². The summed E-state index contributed by atoms with van der Waals surface area (Å²) in [7, 11) is 0. The van der Waals surface area contributed by atoms with Crippen LogP contribution in [-0.4, -0.2) is 22.9 Å². The summed E-state index contributed by atoms with van der Waals surface area (Å²) in [4.78, 5) is 0. The van der Waals surface area contributed by atoms with Crippen molar-refractivity contribution in [2.75, 3.05) is 6.61 Å². The molecule has 0 radical (unpaired) electrons. The molecule has 2 bridgehead atoms. The molecule has 2 nitrogen and oxygen atoms in total. The lowest BCUT2D eigenvalue weighted by Crippen LogP contribution is -2.55.